The molecule has 45 heavy (non-hydrogen) atoms. The highest BCUT2D eigenvalue weighted by atomic mass is 16.6. The molecule has 236 valence electrons. The molecule has 2 aromatic rings. The Bertz CT molecular complexity index is 1480. The molecule has 4 heterocycles. The number of ether oxygens (including phenoxy) is 2. The maximum atomic E-state index is 14.4. The van der Waals surface area contributed by atoms with E-state index in [-0.39, 0.29) is 43.7 Å². The minimum atomic E-state index is -1.42. The van der Waals surface area contributed by atoms with Crippen molar-refractivity contribution in [2.24, 2.45) is 11.8 Å². The predicted octanol–water partition coefficient (Wildman–Crippen LogP) is 2.69. The predicted molar refractivity (Wildman–Crippen MR) is 164 cm³/mol. The van der Waals surface area contributed by atoms with Crippen molar-refractivity contribution in [3.05, 3.63) is 96.1 Å². The first-order chi connectivity index (χ1) is 21.8. The van der Waals surface area contributed by atoms with Gasteiger partial charge in [0.05, 0.1) is 18.1 Å². The monoisotopic (exact) mass is 613 g/mol. The molecule has 4 aliphatic rings. The van der Waals surface area contributed by atoms with Gasteiger partial charge >= 0.3 is 5.97 Å². The van der Waals surface area contributed by atoms with Crippen LogP contribution in [0.1, 0.15) is 43.4 Å². The molecule has 6 rings (SSSR count). The molecule has 10 nitrogen and oxygen atoms in total. The van der Waals surface area contributed by atoms with Crippen molar-refractivity contribution in [2.75, 3.05) is 19.7 Å². The van der Waals surface area contributed by atoms with Gasteiger partial charge in [-0.05, 0) is 30.9 Å². The highest BCUT2D eigenvalue weighted by molar-refractivity contribution is 5.99. The Labute approximate surface area is 262 Å². The van der Waals surface area contributed by atoms with Crippen molar-refractivity contribution in [3.63, 3.8) is 0 Å². The summed E-state index contributed by atoms with van der Waals surface area (Å²) in [7, 11) is 0. The zero-order chi connectivity index (χ0) is 31.6. The number of cyclic esters (lactones) is 1. The van der Waals surface area contributed by atoms with E-state index in [1.807, 2.05) is 66.7 Å². The minimum absolute atomic E-state index is 0.137. The van der Waals surface area contributed by atoms with Crippen LogP contribution in [0.4, 0.5) is 0 Å². The SMILES string of the molecule is C[C@H]1NC(=O)CC/C=C\[C@H]2O[C@]34C=CCN(Cc5ccccc5)C(=O)[C@H]3N(CCCO)C(=O)[C@@H]4[C@H]2C(=O)O[C@@H]1c1ccccc1. The summed E-state index contributed by atoms with van der Waals surface area (Å²) in [6.07, 6.45) is 6.38. The average Bonchev–Trinajstić information content (AvgIpc) is 3.43. The summed E-state index contributed by atoms with van der Waals surface area (Å²) in [5.41, 5.74) is 0.232. The summed E-state index contributed by atoms with van der Waals surface area (Å²) in [6, 6.07) is 17.2. The molecule has 0 radical (unpaired) electrons. The lowest BCUT2D eigenvalue weighted by Gasteiger charge is -2.35. The van der Waals surface area contributed by atoms with Crippen LogP contribution in [-0.2, 0) is 35.2 Å². The zero-order valence-corrected chi connectivity index (χ0v) is 25.3. The molecule has 0 aliphatic carbocycles. The van der Waals surface area contributed by atoms with Crippen LogP contribution in [0.15, 0.2) is 85.0 Å². The topological polar surface area (TPSA) is 125 Å². The molecule has 3 amide bonds. The van der Waals surface area contributed by atoms with Gasteiger partial charge in [-0.15, -0.1) is 0 Å². The summed E-state index contributed by atoms with van der Waals surface area (Å²) < 4.78 is 12.9. The van der Waals surface area contributed by atoms with Crippen LogP contribution in [0.2, 0.25) is 0 Å². The van der Waals surface area contributed by atoms with Crippen molar-refractivity contribution < 1.29 is 33.8 Å². The van der Waals surface area contributed by atoms with Crippen LogP contribution in [0.5, 0.6) is 0 Å². The molecule has 1 spiro atoms. The number of aliphatic hydroxyl groups excluding tert-OH is 1. The van der Waals surface area contributed by atoms with Gasteiger partial charge in [0.25, 0.3) is 0 Å². The zero-order valence-electron chi connectivity index (χ0n) is 25.3. The number of hydrogen-bond donors (Lipinski definition) is 2. The van der Waals surface area contributed by atoms with Gasteiger partial charge in [-0.3, -0.25) is 19.2 Å². The summed E-state index contributed by atoms with van der Waals surface area (Å²) >= 11 is 0. The fourth-order valence-corrected chi connectivity index (χ4v) is 7.18. The van der Waals surface area contributed by atoms with E-state index in [0.717, 1.165) is 5.56 Å². The van der Waals surface area contributed by atoms with Crippen molar-refractivity contribution in [1.82, 2.24) is 15.1 Å². The third-order valence-corrected chi connectivity index (χ3v) is 9.20. The van der Waals surface area contributed by atoms with Gasteiger partial charge in [-0.1, -0.05) is 85.0 Å². The number of fused-ring (bicyclic) bond motifs is 2. The van der Waals surface area contributed by atoms with Gasteiger partial charge in [-0.2, -0.15) is 0 Å². The van der Waals surface area contributed by atoms with Crippen molar-refractivity contribution in [3.8, 4) is 0 Å². The van der Waals surface area contributed by atoms with Gasteiger partial charge < -0.3 is 29.7 Å². The fraction of sp³-hybridized carbons (Fsp3) is 0.429. The highest BCUT2D eigenvalue weighted by Gasteiger charge is 2.71. The smallest absolute Gasteiger partial charge is 0.313 e. The summed E-state index contributed by atoms with van der Waals surface area (Å²) in [4.78, 5) is 59.0. The number of carbonyl (C=O) groups is 4. The maximum absolute atomic E-state index is 14.4. The lowest BCUT2D eigenvalue weighted by Crippen LogP contribution is -2.55. The Morgan fingerprint density at radius 2 is 1.71 bits per heavy atom. The van der Waals surface area contributed by atoms with Crippen molar-refractivity contribution in [1.29, 1.82) is 0 Å². The van der Waals surface area contributed by atoms with Crippen molar-refractivity contribution in [2.45, 2.75) is 62.6 Å². The Morgan fingerprint density at radius 3 is 2.44 bits per heavy atom. The highest BCUT2D eigenvalue weighted by Crippen LogP contribution is 2.53. The van der Waals surface area contributed by atoms with E-state index in [4.69, 9.17) is 9.47 Å². The molecule has 10 heteroatoms. The Balaban J connectivity index is 1.40. The van der Waals surface area contributed by atoms with Crippen LogP contribution in [0.3, 0.4) is 0 Å². The molecule has 0 aromatic heterocycles. The molecule has 0 unspecified atom stereocenters. The molecule has 2 aromatic carbocycles. The largest absolute Gasteiger partial charge is 0.455 e. The number of likely N-dealkylation sites (tertiary alicyclic amines) is 1. The Kier molecular flexibility index (Phi) is 8.87. The van der Waals surface area contributed by atoms with E-state index in [1.54, 1.807) is 30.1 Å². The number of nitrogens with zero attached hydrogens (tertiary/aromatic N) is 2. The van der Waals surface area contributed by atoms with Crippen molar-refractivity contribution >= 4 is 23.7 Å². The van der Waals surface area contributed by atoms with Crippen LogP contribution < -0.4 is 5.32 Å². The van der Waals surface area contributed by atoms with Crippen LogP contribution in [-0.4, -0.2) is 82.1 Å². The summed E-state index contributed by atoms with van der Waals surface area (Å²) in [5, 5.41) is 12.6. The van der Waals surface area contributed by atoms with E-state index in [2.05, 4.69) is 5.32 Å². The first kappa shape index (κ1) is 30.7. The average molecular weight is 614 g/mol. The lowest BCUT2D eigenvalue weighted by atomic mass is 9.77. The second kappa shape index (κ2) is 13.0. The van der Waals surface area contributed by atoms with E-state index < -0.39 is 47.7 Å². The number of benzene rings is 2. The van der Waals surface area contributed by atoms with Crippen LogP contribution >= 0.6 is 0 Å². The quantitative estimate of drug-likeness (QED) is 0.379. The Hall–Kier alpha value is -4.28. The number of esters is 1. The molecular weight excluding hydrogens is 574 g/mol. The van der Waals surface area contributed by atoms with E-state index >= 15 is 0 Å². The van der Waals surface area contributed by atoms with Gasteiger partial charge in [0.1, 0.15) is 23.7 Å². The minimum Gasteiger partial charge on any atom is -0.455 e. The molecule has 4 aliphatic heterocycles. The lowest BCUT2D eigenvalue weighted by molar-refractivity contribution is -0.161. The van der Waals surface area contributed by atoms with E-state index in [1.165, 1.54) is 4.90 Å². The van der Waals surface area contributed by atoms with E-state index in [9.17, 15) is 24.3 Å². The second-order valence-corrected chi connectivity index (χ2v) is 12.1. The van der Waals surface area contributed by atoms with E-state index in [0.29, 0.717) is 25.1 Å². The number of allylic oxidation sites excluding steroid dienone is 1. The van der Waals surface area contributed by atoms with Crippen LogP contribution in [0.25, 0.3) is 0 Å². The third-order valence-electron chi connectivity index (χ3n) is 9.20. The summed E-state index contributed by atoms with van der Waals surface area (Å²) in [6.45, 7) is 2.41. The number of amides is 3. The fourth-order valence-electron chi connectivity index (χ4n) is 7.18. The number of aliphatic hydroxyl groups is 1. The molecule has 2 N–H and O–H groups in total. The number of hydrogen-bond acceptors (Lipinski definition) is 7. The van der Waals surface area contributed by atoms with Gasteiger partial charge in [-0.25, -0.2) is 0 Å². The third kappa shape index (κ3) is 5.80. The van der Waals surface area contributed by atoms with Gasteiger partial charge in [0.15, 0.2) is 0 Å². The van der Waals surface area contributed by atoms with Crippen LogP contribution in [0, 0.1) is 11.8 Å². The first-order valence-electron chi connectivity index (χ1n) is 15.6. The van der Waals surface area contributed by atoms with Gasteiger partial charge in [0, 0.05) is 32.7 Å². The first-order valence-corrected chi connectivity index (χ1v) is 15.6. The molecule has 0 saturated carbocycles. The molecular formula is C35H39N3O7. The number of rotatable bonds is 6. The normalized spacial score (nSPS) is 32.4. The Morgan fingerprint density at radius 1 is 0.978 bits per heavy atom. The standard InChI is InChI=1S/C35H39N3O7/c1-23-30(25-14-6-3-7-15-25)44-34(43)28-26(16-8-9-17-27(40)36-23)45-35-18-10-19-37(22-24-12-4-2-5-13-24)33(42)31(35)38(20-11-21-39)32(41)29(28)35/h2-8,10,12-16,18,23,26,28-31,39H,9,11,17,19-22H2,1H3,(H,36,40)/b16-8-/t23-,26-,28+,29+,30+,31-,35+/m1/s1. The number of carbonyl (C=O) groups excluding carboxylic acids is 4. The molecule has 7 atom stereocenters. The van der Waals surface area contributed by atoms with Gasteiger partial charge in [0.2, 0.25) is 17.7 Å². The molecule has 0 bridgehead atoms. The number of nitrogens with one attached hydrogen (secondary N) is 1. The maximum Gasteiger partial charge on any atom is 0.313 e. The summed E-state index contributed by atoms with van der Waals surface area (Å²) in [5.74, 6) is -3.53. The molecule has 2 fully saturated rings. The second-order valence-electron chi connectivity index (χ2n) is 12.1. The molecule has 2 saturated heterocycles.